The highest BCUT2D eigenvalue weighted by molar-refractivity contribution is 7.93. The Kier molecular flexibility index (Phi) is 4.77. The van der Waals surface area contributed by atoms with E-state index < -0.39 is 10.0 Å². The zero-order chi connectivity index (χ0) is 15.6. The smallest absolute Gasteiger partial charge is 0.264 e. The molecule has 1 aromatic heterocycles. The lowest BCUT2D eigenvalue weighted by molar-refractivity contribution is 0.319. The van der Waals surface area contributed by atoms with E-state index in [1.807, 2.05) is 0 Å². The third kappa shape index (κ3) is 3.49. The number of anilines is 1. The minimum atomic E-state index is -3.88. The zero-order valence-electron chi connectivity index (χ0n) is 10.7. The molecular weight excluding hydrogens is 355 g/mol. The van der Waals surface area contributed by atoms with Crippen molar-refractivity contribution in [1.29, 1.82) is 0 Å². The molecule has 0 aliphatic rings. The summed E-state index contributed by atoms with van der Waals surface area (Å²) in [5, 5.41) is 11.9. The highest BCUT2D eigenvalue weighted by atomic mass is 35.5. The Hall–Kier alpha value is -1.28. The number of halogens is 2. The molecule has 0 saturated heterocycles. The van der Waals surface area contributed by atoms with Gasteiger partial charge in [0, 0.05) is 5.56 Å². The Balaban J connectivity index is 2.45. The normalized spacial score (nSPS) is 12.4. The topological polar surface area (TPSA) is 78.8 Å². The van der Waals surface area contributed by atoms with Gasteiger partial charge in [0.2, 0.25) is 0 Å². The summed E-state index contributed by atoms with van der Waals surface area (Å²) in [6, 6.07) is 7.84. The Morgan fingerprint density at radius 3 is 2.57 bits per heavy atom. The second kappa shape index (κ2) is 6.23. The van der Waals surface area contributed by atoms with Crippen LogP contribution in [0, 0.1) is 0 Å². The van der Waals surface area contributed by atoms with Crippen molar-refractivity contribution in [3.63, 3.8) is 0 Å². The standard InChI is InChI=1S/C12H10Cl2N2O3S2/c1-7(15-17)8-4-2-3-5-9(8)16-21(18,19)10-6-11(13)20-12(10)14/h2-6,16-17H,1H3/b15-7+. The molecule has 1 heterocycles. The molecule has 0 fully saturated rings. The summed E-state index contributed by atoms with van der Waals surface area (Å²) < 4.78 is 27.5. The molecule has 5 nitrogen and oxygen atoms in total. The van der Waals surface area contributed by atoms with E-state index in [1.165, 1.54) is 6.07 Å². The van der Waals surface area contributed by atoms with Gasteiger partial charge < -0.3 is 5.21 Å². The summed E-state index contributed by atoms with van der Waals surface area (Å²) >= 11 is 12.6. The maximum atomic E-state index is 12.3. The molecule has 0 aliphatic heterocycles. The largest absolute Gasteiger partial charge is 0.411 e. The molecule has 0 unspecified atom stereocenters. The molecule has 112 valence electrons. The summed E-state index contributed by atoms with van der Waals surface area (Å²) in [7, 11) is -3.88. The second-order valence-electron chi connectivity index (χ2n) is 4.02. The third-order valence-corrected chi connectivity index (χ3v) is 5.74. The first-order valence-electron chi connectivity index (χ1n) is 5.61. The zero-order valence-corrected chi connectivity index (χ0v) is 13.8. The van der Waals surface area contributed by atoms with Gasteiger partial charge in [-0.25, -0.2) is 8.42 Å². The van der Waals surface area contributed by atoms with Gasteiger partial charge in [0.1, 0.15) is 9.23 Å². The second-order valence-corrected chi connectivity index (χ2v) is 7.96. The fourth-order valence-electron chi connectivity index (χ4n) is 1.65. The van der Waals surface area contributed by atoms with Crippen LogP contribution < -0.4 is 4.72 Å². The first-order valence-corrected chi connectivity index (χ1v) is 8.66. The number of para-hydroxylation sites is 1. The van der Waals surface area contributed by atoms with Crippen LogP contribution >= 0.6 is 34.5 Å². The summed E-state index contributed by atoms with van der Waals surface area (Å²) in [6.45, 7) is 1.56. The van der Waals surface area contributed by atoms with Gasteiger partial charge in [-0.2, -0.15) is 0 Å². The molecule has 0 radical (unpaired) electrons. The number of sulfonamides is 1. The summed E-state index contributed by atoms with van der Waals surface area (Å²) in [5.41, 5.74) is 1.02. The van der Waals surface area contributed by atoms with Crippen LogP contribution in [0.3, 0.4) is 0 Å². The van der Waals surface area contributed by atoms with Crippen molar-refractivity contribution in [1.82, 2.24) is 0 Å². The van der Waals surface area contributed by atoms with Crippen molar-refractivity contribution >= 4 is 56.0 Å². The molecule has 1 aromatic carbocycles. The molecule has 0 spiro atoms. The Morgan fingerprint density at radius 1 is 1.33 bits per heavy atom. The number of hydrogen-bond acceptors (Lipinski definition) is 5. The SMILES string of the molecule is C/C(=N\O)c1ccccc1NS(=O)(=O)c1cc(Cl)sc1Cl. The van der Waals surface area contributed by atoms with Crippen LogP contribution in [0.4, 0.5) is 5.69 Å². The molecule has 0 amide bonds. The van der Waals surface area contributed by atoms with Crippen molar-refractivity contribution in [3.8, 4) is 0 Å². The van der Waals surface area contributed by atoms with Crippen molar-refractivity contribution < 1.29 is 13.6 Å². The van der Waals surface area contributed by atoms with E-state index in [9.17, 15) is 8.42 Å². The molecule has 0 bridgehead atoms. The number of oxime groups is 1. The minimum absolute atomic E-state index is 0.0810. The van der Waals surface area contributed by atoms with Crippen molar-refractivity contribution in [2.24, 2.45) is 5.16 Å². The van der Waals surface area contributed by atoms with E-state index in [0.717, 1.165) is 11.3 Å². The molecule has 0 saturated carbocycles. The van der Waals surface area contributed by atoms with Crippen molar-refractivity contribution in [3.05, 3.63) is 44.6 Å². The summed E-state index contributed by atoms with van der Waals surface area (Å²) in [5.74, 6) is 0. The van der Waals surface area contributed by atoms with E-state index in [0.29, 0.717) is 5.56 Å². The molecule has 2 N–H and O–H groups in total. The number of thiophene rings is 1. The van der Waals surface area contributed by atoms with E-state index in [-0.39, 0.29) is 25.0 Å². The van der Waals surface area contributed by atoms with Gasteiger partial charge in [0.15, 0.2) is 0 Å². The fraction of sp³-hybridized carbons (Fsp3) is 0.0833. The predicted octanol–water partition coefficient (Wildman–Crippen LogP) is 4.05. The Labute approximate surface area is 135 Å². The first-order chi connectivity index (χ1) is 9.85. The van der Waals surface area contributed by atoms with Gasteiger partial charge in [-0.05, 0) is 19.1 Å². The van der Waals surface area contributed by atoms with Gasteiger partial charge in [-0.1, -0.05) is 46.6 Å². The molecule has 0 atom stereocenters. The quantitative estimate of drug-likeness (QED) is 0.487. The molecule has 9 heteroatoms. The number of nitrogens with zero attached hydrogens (tertiary/aromatic N) is 1. The molecule has 0 aliphatic carbocycles. The van der Waals surface area contributed by atoms with E-state index in [1.54, 1.807) is 31.2 Å². The van der Waals surface area contributed by atoms with Crippen LogP contribution in [-0.2, 0) is 10.0 Å². The lowest BCUT2D eigenvalue weighted by Gasteiger charge is -2.11. The maximum absolute atomic E-state index is 12.3. The summed E-state index contributed by atoms with van der Waals surface area (Å²) in [4.78, 5) is -0.0902. The van der Waals surface area contributed by atoms with Crippen LogP contribution in [-0.4, -0.2) is 19.3 Å². The van der Waals surface area contributed by atoms with Crippen molar-refractivity contribution in [2.45, 2.75) is 11.8 Å². The molecule has 21 heavy (non-hydrogen) atoms. The highest BCUT2D eigenvalue weighted by Gasteiger charge is 2.22. The third-order valence-electron chi connectivity index (χ3n) is 2.63. The molecule has 2 aromatic rings. The van der Waals surface area contributed by atoms with E-state index in [4.69, 9.17) is 28.4 Å². The highest BCUT2D eigenvalue weighted by Crippen LogP contribution is 2.35. The summed E-state index contributed by atoms with van der Waals surface area (Å²) in [6.07, 6.45) is 0. The number of nitrogens with one attached hydrogen (secondary N) is 1. The lowest BCUT2D eigenvalue weighted by Crippen LogP contribution is -2.15. The van der Waals surface area contributed by atoms with E-state index >= 15 is 0 Å². The van der Waals surface area contributed by atoms with Crippen LogP contribution in [0.15, 0.2) is 40.4 Å². The van der Waals surface area contributed by atoms with Crippen LogP contribution in [0.5, 0.6) is 0 Å². The minimum Gasteiger partial charge on any atom is -0.411 e. The fourth-order valence-corrected chi connectivity index (χ4v) is 4.88. The number of benzene rings is 1. The maximum Gasteiger partial charge on any atom is 0.264 e. The molecule has 2 rings (SSSR count). The average Bonchev–Trinajstić information content (AvgIpc) is 2.78. The number of rotatable bonds is 4. The molecular formula is C12H10Cl2N2O3S2. The monoisotopic (exact) mass is 364 g/mol. The van der Waals surface area contributed by atoms with Crippen LogP contribution in [0.25, 0.3) is 0 Å². The van der Waals surface area contributed by atoms with Gasteiger partial charge in [0.25, 0.3) is 10.0 Å². The Morgan fingerprint density at radius 2 is 2.00 bits per heavy atom. The van der Waals surface area contributed by atoms with Crippen LogP contribution in [0.1, 0.15) is 12.5 Å². The van der Waals surface area contributed by atoms with Gasteiger partial charge in [-0.3, -0.25) is 4.72 Å². The lowest BCUT2D eigenvalue weighted by atomic mass is 10.1. The van der Waals surface area contributed by atoms with E-state index in [2.05, 4.69) is 9.88 Å². The average molecular weight is 365 g/mol. The Bertz CT molecular complexity index is 801. The number of hydrogen-bond donors (Lipinski definition) is 2. The van der Waals surface area contributed by atoms with Crippen molar-refractivity contribution in [2.75, 3.05) is 4.72 Å². The predicted molar refractivity (Wildman–Crippen MR) is 85.6 cm³/mol. The van der Waals surface area contributed by atoms with Gasteiger partial charge in [-0.15, -0.1) is 11.3 Å². The van der Waals surface area contributed by atoms with Gasteiger partial charge in [0.05, 0.1) is 15.7 Å². The van der Waals surface area contributed by atoms with Gasteiger partial charge >= 0.3 is 0 Å². The first kappa shape index (κ1) is 16.1. The van der Waals surface area contributed by atoms with Crippen LogP contribution in [0.2, 0.25) is 8.67 Å².